The van der Waals surface area contributed by atoms with Gasteiger partial charge in [-0.2, -0.15) is 0 Å². The maximum Gasteiger partial charge on any atom is 0.240 e. The van der Waals surface area contributed by atoms with Crippen molar-refractivity contribution < 1.29 is 9.53 Å². The van der Waals surface area contributed by atoms with E-state index in [9.17, 15) is 4.79 Å². The number of carbonyl (C=O) groups excluding carboxylic acids is 1. The van der Waals surface area contributed by atoms with Crippen LogP contribution in [0.15, 0.2) is 24.3 Å². The van der Waals surface area contributed by atoms with Gasteiger partial charge in [0.15, 0.2) is 0 Å². The summed E-state index contributed by atoms with van der Waals surface area (Å²) in [6, 6.07) is 5.36. The highest BCUT2D eigenvalue weighted by Gasteiger charge is 2.27. The molecule has 20 heavy (non-hydrogen) atoms. The second-order valence-electron chi connectivity index (χ2n) is 4.32. The molecular formula is C15H13ClINO2. The number of amides is 1. The minimum Gasteiger partial charge on any atom is -0.481 e. The molecule has 0 saturated heterocycles. The zero-order chi connectivity index (χ0) is 14.7. The van der Waals surface area contributed by atoms with Gasteiger partial charge in [-0.25, -0.2) is 0 Å². The van der Waals surface area contributed by atoms with Gasteiger partial charge in [-0.05, 0) is 24.6 Å². The molecule has 0 N–H and O–H groups in total. The largest absolute Gasteiger partial charge is 0.481 e. The summed E-state index contributed by atoms with van der Waals surface area (Å²) >= 11 is 8.43. The lowest BCUT2D eigenvalue weighted by Crippen LogP contribution is -2.35. The topological polar surface area (TPSA) is 29.5 Å². The summed E-state index contributed by atoms with van der Waals surface area (Å²) < 4.78 is 5.31. The number of rotatable bonds is 3. The highest BCUT2D eigenvalue weighted by Crippen LogP contribution is 2.33. The van der Waals surface area contributed by atoms with Gasteiger partial charge in [-0.1, -0.05) is 46.2 Å². The van der Waals surface area contributed by atoms with Crippen LogP contribution in [0.3, 0.4) is 0 Å². The standard InChI is InChI=1S/C15H13ClINO2/c1-3-8-20-10-4-5-11(12(16)9-10)14-7-6-13(17)15(19)18(14)2/h1,4-5,7,9,13H,6,8H2,2H3. The van der Waals surface area contributed by atoms with Crippen LogP contribution in [0.4, 0.5) is 0 Å². The Morgan fingerprint density at radius 2 is 2.35 bits per heavy atom. The molecule has 3 nitrogen and oxygen atoms in total. The van der Waals surface area contributed by atoms with Crippen molar-refractivity contribution in [2.24, 2.45) is 0 Å². The van der Waals surface area contributed by atoms with Gasteiger partial charge in [-0.15, -0.1) is 6.42 Å². The first kappa shape index (κ1) is 15.2. The first-order chi connectivity index (χ1) is 9.54. The molecule has 1 amide bonds. The van der Waals surface area contributed by atoms with Crippen molar-refractivity contribution in [3.63, 3.8) is 0 Å². The lowest BCUT2D eigenvalue weighted by atomic mass is 10.0. The van der Waals surface area contributed by atoms with E-state index < -0.39 is 0 Å². The van der Waals surface area contributed by atoms with Crippen LogP contribution in [0, 0.1) is 12.3 Å². The number of halogens is 2. The van der Waals surface area contributed by atoms with E-state index in [1.807, 2.05) is 12.1 Å². The van der Waals surface area contributed by atoms with Crippen LogP contribution in [0.25, 0.3) is 5.70 Å². The Bertz CT molecular complexity index is 606. The third kappa shape index (κ3) is 3.10. The van der Waals surface area contributed by atoms with Gasteiger partial charge in [0.1, 0.15) is 12.4 Å². The zero-order valence-electron chi connectivity index (χ0n) is 10.9. The number of carbonyl (C=O) groups is 1. The maximum absolute atomic E-state index is 12.0. The van der Waals surface area contributed by atoms with Crippen molar-refractivity contribution in [3.8, 4) is 18.1 Å². The van der Waals surface area contributed by atoms with E-state index in [1.165, 1.54) is 0 Å². The quantitative estimate of drug-likeness (QED) is 0.442. The molecule has 0 saturated carbocycles. The summed E-state index contributed by atoms with van der Waals surface area (Å²) in [5.74, 6) is 3.11. The molecule has 0 spiro atoms. The maximum atomic E-state index is 12.0. The molecule has 0 aromatic heterocycles. The molecule has 1 aliphatic heterocycles. The zero-order valence-corrected chi connectivity index (χ0v) is 13.8. The number of benzene rings is 1. The van der Waals surface area contributed by atoms with Crippen molar-refractivity contribution in [2.75, 3.05) is 13.7 Å². The van der Waals surface area contributed by atoms with Gasteiger partial charge >= 0.3 is 0 Å². The van der Waals surface area contributed by atoms with Crippen LogP contribution in [0.1, 0.15) is 12.0 Å². The Morgan fingerprint density at radius 1 is 1.60 bits per heavy atom. The van der Waals surface area contributed by atoms with Gasteiger partial charge in [-0.3, -0.25) is 4.79 Å². The molecule has 1 aromatic rings. The minimum absolute atomic E-state index is 0.0154. The Morgan fingerprint density at radius 3 is 3.00 bits per heavy atom. The number of ether oxygens (including phenoxy) is 1. The molecule has 1 atom stereocenters. The van der Waals surface area contributed by atoms with Crippen molar-refractivity contribution >= 4 is 45.8 Å². The smallest absolute Gasteiger partial charge is 0.240 e. The van der Waals surface area contributed by atoms with Crippen LogP contribution in [-0.4, -0.2) is 28.4 Å². The Labute approximate surface area is 137 Å². The Kier molecular flexibility index (Phi) is 4.95. The van der Waals surface area contributed by atoms with E-state index in [4.69, 9.17) is 22.8 Å². The van der Waals surface area contributed by atoms with E-state index in [1.54, 1.807) is 24.1 Å². The molecule has 1 aliphatic rings. The Hall–Kier alpha value is -1.19. The lowest BCUT2D eigenvalue weighted by Gasteiger charge is -2.28. The van der Waals surface area contributed by atoms with Crippen LogP contribution < -0.4 is 4.74 Å². The van der Waals surface area contributed by atoms with Gasteiger partial charge < -0.3 is 9.64 Å². The summed E-state index contributed by atoms with van der Waals surface area (Å²) in [4.78, 5) is 13.7. The molecule has 0 aliphatic carbocycles. The average molecular weight is 402 g/mol. The predicted molar refractivity (Wildman–Crippen MR) is 89.0 cm³/mol. The molecule has 0 bridgehead atoms. The minimum atomic E-state index is -0.0154. The summed E-state index contributed by atoms with van der Waals surface area (Å²) in [6.45, 7) is 0.202. The number of alkyl halides is 1. The van der Waals surface area contributed by atoms with Gasteiger partial charge in [0.2, 0.25) is 5.91 Å². The second kappa shape index (κ2) is 6.51. The fourth-order valence-corrected chi connectivity index (χ4v) is 2.93. The molecule has 5 heteroatoms. The number of nitrogens with zero attached hydrogens (tertiary/aromatic N) is 1. The van der Waals surface area contributed by atoms with Crippen molar-refractivity contribution in [1.29, 1.82) is 0 Å². The van der Waals surface area contributed by atoms with E-state index in [0.717, 1.165) is 11.3 Å². The normalized spacial score (nSPS) is 18.5. The summed E-state index contributed by atoms with van der Waals surface area (Å²) in [6.07, 6.45) is 7.89. The molecule has 0 fully saturated rings. The first-order valence-electron chi connectivity index (χ1n) is 6.02. The van der Waals surface area contributed by atoms with Crippen LogP contribution in [0.5, 0.6) is 5.75 Å². The van der Waals surface area contributed by atoms with E-state index >= 15 is 0 Å². The summed E-state index contributed by atoms with van der Waals surface area (Å²) in [7, 11) is 1.76. The monoisotopic (exact) mass is 401 g/mol. The summed E-state index contributed by atoms with van der Waals surface area (Å²) in [5, 5.41) is 0.539. The molecule has 104 valence electrons. The highest BCUT2D eigenvalue weighted by molar-refractivity contribution is 14.1. The SMILES string of the molecule is C#CCOc1ccc(C2=CCC(I)C(=O)N2C)c(Cl)c1. The van der Waals surface area contributed by atoms with Crippen LogP contribution >= 0.6 is 34.2 Å². The molecule has 1 aromatic carbocycles. The molecule has 1 heterocycles. The third-order valence-corrected chi connectivity index (χ3v) is 4.37. The fraction of sp³-hybridized carbons (Fsp3) is 0.267. The van der Waals surface area contributed by atoms with Gasteiger partial charge in [0, 0.05) is 18.3 Å². The Balaban J connectivity index is 2.30. The van der Waals surface area contributed by atoms with E-state index in [-0.39, 0.29) is 16.4 Å². The fourth-order valence-electron chi connectivity index (χ4n) is 1.99. The number of hydrogen-bond donors (Lipinski definition) is 0. The van der Waals surface area contributed by atoms with Crippen molar-refractivity contribution in [1.82, 2.24) is 4.90 Å². The lowest BCUT2D eigenvalue weighted by molar-refractivity contribution is -0.126. The van der Waals surface area contributed by atoms with Crippen LogP contribution in [-0.2, 0) is 4.79 Å². The number of hydrogen-bond acceptors (Lipinski definition) is 2. The predicted octanol–water partition coefficient (Wildman–Crippen LogP) is 3.36. The molecular weight excluding hydrogens is 389 g/mol. The molecule has 0 radical (unpaired) electrons. The van der Waals surface area contributed by atoms with Gasteiger partial charge in [0.25, 0.3) is 0 Å². The third-order valence-electron chi connectivity index (χ3n) is 3.02. The average Bonchev–Trinajstić information content (AvgIpc) is 2.44. The van der Waals surface area contributed by atoms with Crippen molar-refractivity contribution in [2.45, 2.75) is 10.3 Å². The first-order valence-corrected chi connectivity index (χ1v) is 7.65. The van der Waals surface area contributed by atoms with Crippen LogP contribution in [0.2, 0.25) is 5.02 Å². The summed E-state index contributed by atoms with van der Waals surface area (Å²) in [5.41, 5.74) is 1.65. The second-order valence-corrected chi connectivity index (χ2v) is 6.24. The number of terminal acetylenes is 1. The number of allylic oxidation sites excluding steroid dienone is 1. The van der Waals surface area contributed by atoms with Gasteiger partial charge in [0.05, 0.1) is 8.95 Å². The highest BCUT2D eigenvalue weighted by atomic mass is 127. The molecule has 2 rings (SSSR count). The molecule has 1 unspecified atom stereocenters. The van der Waals surface area contributed by atoms with E-state index in [2.05, 4.69) is 28.5 Å². The van der Waals surface area contributed by atoms with Crippen molar-refractivity contribution in [3.05, 3.63) is 34.9 Å². The van der Waals surface area contributed by atoms with E-state index in [0.29, 0.717) is 17.2 Å².